The number of hydrogen-bond donors (Lipinski definition) is 1. The maximum atomic E-state index is 12.7. The first-order chi connectivity index (χ1) is 15.3. The number of thiocarbonyl (C=S) groups is 1. The molecule has 1 N–H and O–H groups in total. The molecule has 2 amide bonds. The van der Waals surface area contributed by atoms with E-state index in [-0.39, 0.29) is 14.9 Å². The topological polar surface area (TPSA) is 106 Å². The summed E-state index contributed by atoms with van der Waals surface area (Å²) in [7, 11) is 0. The number of aryl methyl sites for hydroxylation is 1. The van der Waals surface area contributed by atoms with Crippen molar-refractivity contribution in [1.82, 2.24) is 10.4 Å². The second-order valence-corrected chi connectivity index (χ2v) is 8.48. The number of rotatable bonds is 5. The molecule has 32 heavy (non-hydrogen) atoms. The van der Waals surface area contributed by atoms with Crippen molar-refractivity contribution in [3.63, 3.8) is 0 Å². The van der Waals surface area contributed by atoms with Gasteiger partial charge in [0.15, 0.2) is 4.32 Å². The molecule has 8 nitrogen and oxygen atoms in total. The Morgan fingerprint density at radius 2 is 1.94 bits per heavy atom. The molecule has 0 bridgehead atoms. The molecule has 10 heteroatoms. The highest BCUT2D eigenvalue weighted by Gasteiger charge is 2.34. The molecule has 0 spiro atoms. The summed E-state index contributed by atoms with van der Waals surface area (Å²) in [4.78, 5) is 36.3. The van der Waals surface area contributed by atoms with Crippen molar-refractivity contribution in [3.8, 4) is 11.3 Å². The second-order valence-electron chi connectivity index (χ2n) is 6.80. The van der Waals surface area contributed by atoms with Gasteiger partial charge in [-0.2, -0.15) is 5.01 Å². The van der Waals surface area contributed by atoms with E-state index in [4.69, 9.17) is 16.6 Å². The molecule has 1 saturated heterocycles. The van der Waals surface area contributed by atoms with Gasteiger partial charge in [0, 0.05) is 17.7 Å². The van der Waals surface area contributed by atoms with Gasteiger partial charge in [0.1, 0.15) is 11.5 Å². The maximum absolute atomic E-state index is 12.7. The van der Waals surface area contributed by atoms with Gasteiger partial charge in [-0.15, -0.1) is 0 Å². The van der Waals surface area contributed by atoms with Crippen LogP contribution in [0.15, 0.2) is 70.0 Å². The normalized spacial score (nSPS) is 14.8. The number of hydrazine groups is 1. The van der Waals surface area contributed by atoms with E-state index in [0.29, 0.717) is 22.6 Å². The number of benzene rings is 2. The smallest absolute Gasteiger partial charge is 0.285 e. The van der Waals surface area contributed by atoms with Crippen LogP contribution >= 0.6 is 24.0 Å². The number of thioether (sulfide) groups is 1. The molecule has 2 heterocycles. The number of nitro benzene ring substituents is 1. The van der Waals surface area contributed by atoms with Gasteiger partial charge in [0.05, 0.1) is 15.4 Å². The Balaban J connectivity index is 1.55. The molecule has 0 aliphatic carbocycles. The molecule has 0 unspecified atom stereocenters. The van der Waals surface area contributed by atoms with Crippen LogP contribution in [0.2, 0.25) is 0 Å². The van der Waals surface area contributed by atoms with E-state index in [1.54, 1.807) is 61.5 Å². The molecule has 2 aromatic carbocycles. The van der Waals surface area contributed by atoms with Crippen LogP contribution in [0.25, 0.3) is 17.4 Å². The predicted octanol–water partition coefficient (Wildman–Crippen LogP) is 4.71. The summed E-state index contributed by atoms with van der Waals surface area (Å²) in [6.07, 6.45) is 1.48. The van der Waals surface area contributed by atoms with Crippen LogP contribution < -0.4 is 5.43 Å². The molecule has 1 aliphatic rings. The van der Waals surface area contributed by atoms with Crippen LogP contribution in [0, 0.1) is 17.0 Å². The van der Waals surface area contributed by atoms with Crippen LogP contribution in [0.1, 0.15) is 21.7 Å². The standard InChI is InChI=1S/C22H15N3O5S2/c1-13-7-9-16(17(11-13)25(28)29)18-10-8-15(30-18)12-19-21(27)24(22(31)32-19)23-20(26)14-5-3-2-4-6-14/h2-12H,1H3,(H,23,26)/b19-12+. The average Bonchev–Trinajstić information content (AvgIpc) is 3.34. The fourth-order valence-corrected chi connectivity index (χ4v) is 4.18. The summed E-state index contributed by atoms with van der Waals surface area (Å²) >= 11 is 6.24. The predicted molar refractivity (Wildman–Crippen MR) is 124 cm³/mol. The van der Waals surface area contributed by atoms with Crippen LogP contribution in [0.3, 0.4) is 0 Å². The van der Waals surface area contributed by atoms with Gasteiger partial charge in [0.2, 0.25) is 0 Å². The first-order valence-electron chi connectivity index (χ1n) is 9.33. The van der Waals surface area contributed by atoms with Gasteiger partial charge in [-0.3, -0.25) is 25.1 Å². The largest absolute Gasteiger partial charge is 0.456 e. The van der Waals surface area contributed by atoms with Crippen LogP contribution in [-0.2, 0) is 4.79 Å². The highest BCUT2D eigenvalue weighted by atomic mass is 32.2. The third kappa shape index (κ3) is 4.32. The number of carbonyl (C=O) groups excluding carboxylic acids is 2. The zero-order chi connectivity index (χ0) is 22.8. The summed E-state index contributed by atoms with van der Waals surface area (Å²) in [6, 6.07) is 16.5. The molecular formula is C22H15N3O5S2. The van der Waals surface area contributed by atoms with Gasteiger partial charge in [-0.05, 0) is 55.0 Å². The van der Waals surface area contributed by atoms with E-state index in [0.717, 1.165) is 22.3 Å². The summed E-state index contributed by atoms with van der Waals surface area (Å²) in [5.41, 5.74) is 3.92. The molecule has 160 valence electrons. The van der Waals surface area contributed by atoms with Crippen molar-refractivity contribution in [2.24, 2.45) is 0 Å². The Morgan fingerprint density at radius 1 is 1.19 bits per heavy atom. The van der Waals surface area contributed by atoms with E-state index in [1.165, 1.54) is 12.1 Å². The number of furan rings is 1. The number of carbonyl (C=O) groups is 2. The van der Waals surface area contributed by atoms with Crippen molar-refractivity contribution in [1.29, 1.82) is 0 Å². The number of amides is 2. The van der Waals surface area contributed by atoms with Crippen molar-refractivity contribution in [2.75, 3.05) is 0 Å². The third-order valence-corrected chi connectivity index (χ3v) is 5.86. The molecule has 1 aliphatic heterocycles. The summed E-state index contributed by atoms with van der Waals surface area (Å²) < 4.78 is 5.91. The Morgan fingerprint density at radius 3 is 2.66 bits per heavy atom. The Bertz CT molecular complexity index is 1280. The van der Waals surface area contributed by atoms with E-state index in [1.807, 2.05) is 0 Å². The van der Waals surface area contributed by atoms with Gasteiger partial charge in [0.25, 0.3) is 17.5 Å². The number of hydrogen-bond acceptors (Lipinski definition) is 7. The molecule has 1 fully saturated rings. The van der Waals surface area contributed by atoms with E-state index in [2.05, 4.69) is 5.43 Å². The molecule has 0 saturated carbocycles. The zero-order valence-electron chi connectivity index (χ0n) is 16.6. The minimum absolute atomic E-state index is 0.0687. The van der Waals surface area contributed by atoms with Crippen LogP contribution in [0.5, 0.6) is 0 Å². The molecular weight excluding hydrogens is 450 g/mol. The summed E-state index contributed by atoms with van der Waals surface area (Å²) in [5, 5.41) is 12.4. The van der Waals surface area contributed by atoms with E-state index >= 15 is 0 Å². The average molecular weight is 466 g/mol. The Kier molecular flexibility index (Phi) is 5.89. The minimum atomic E-state index is -0.497. The van der Waals surface area contributed by atoms with Crippen molar-refractivity contribution in [3.05, 3.63) is 92.6 Å². The first kappa shape index (κ1) is 21.5. The van der Waals surface area contributed by atoms with Gasteiger partial charge in [-0.25, -0.2) is 0 Å². The lowest BCUT2D eigenvalue weighted by Crippen LogP contribution is -2.44. The Hall–Kier alpha value is -3.76. The fourth-order valence-electron chi connectivity index (χ4n) is 3.03. The maximum Gasteiger partial charge on any atom is 0.285 e. The molecule has 4 rings (SSSR count). The van der Waals surface area contributed by atoms with Gasteiger partial charge < -0.3 is 4.42 Å². The molecule has 1 aromatic heterocycles. The lowest BCUT2D eigenvalue weighted by atomic mass is 10.1. The van der Waals surface area contributed by atoms with E-state index < -0.39 is 16.7 Å². The fraction of sp³-hybridized carbons (Fsp3) is 0.0455. The minimum Gasteiger partial charge on any atom is -0.456 e. The molecule has 3 aromatic rings. The number of nitrogens with zero attached hydrogens (tertiary/aromatic N) is 2. The van der Waals surface area contributed by atoms with Crippen molar-refractivity contribution >= 4 is 51.9 Å². The second kappa shape index (κ2) is 8.77. The molecule has 0 radical (unpaired) electrons. The van der Waals surface area contributed by atoms with Crippen molar-refractivity contribution < 1.29 is 18.9 Å². The SMILES string of the molecule is Cc1ccc(-c2ccc(/C=C3/SC(=S)N(NC(=O)c4ccccc4)C3=O)o2)c([N+](=O)[O-])c1. The lowest BCUT2D eigenvalue weighted by Gasteiger charge is -2.15. The van der Waals surface area contributed by atoms with Crippen molar-refractivity contribution in [2.45, 2.75) is 6.92 Å². The number of nitro groups is 1. The third-order valence-electron chi connectivity index (χ3n) is 4.56. The monoisotopic (exact) mass is 465 g/mol. The summed E-state index contributed by atoms with van der Waals surface area (Å²) in [5.74, 6) is -0.334. The van der Waals surface area contributed by atoms with E-state index in [9.17, 15) is 19.7 Å². The van der Waals surface area contributed by atoms with Crippen LogP contribution in [0.4, 0.5) is 5.69 Å². The zero-order valence-corrected chi connectivity index (χ0v) is 18.2. The van der Waals surface area contributed by atoms with Crippen LogP contribution in [-0.4, -0.2) is 26.1 Å². The highest BCUT2D eigenvalue weighted by Crippen LogP contribution is 2.35. The lowest BCUT2D eigenvalue weighted by molar-refractivity contribution is -0.384. The van der Waals surface area contributed by atoms with Gasteiger partial charge >= 0.3 is 0 Å². The first-order valence-corrected chi connectivity index (χ1v) is 10.5. The highest BCUT2D eigenvalue weighted by molar-refractivity contribution is 8.26. The quantitative estimate of drug-likeness (QED) is 0.252. The molecule has 0 atom stereocenters. The Labute approximate surface area is 192 Å². The van der Waals surface area contributed by atoms with Gasteiger partial charge in [-0.1, -0.05) is 36.0 Å². The summed E-state index contributed by atoms with van der Waals surface area (Å²) in [6.45, 7) is 1.77. The number of nitrogens with one attached hydrogen (secondary N) is 1.